The number of rotatable bonds is 4. The molecule has 0 aliphatic carbocycles. The number of aromatic nitrogens is 1. The van der Waals surface area contributed by atoms with Crippen LogP contribution in [0.25, 0.3) is 0 Å². The van der Waals surface area contributed by atoms with Crippen molar-refractivity contribution in [2.45, 2.75) is 12.4 Å². The summed E-state index contributed by atoms with van der Waals surface area (Å²) in [6.45, 7) is 0. The molecule has 0 radical (unpaired) electrons. The summed E-state index contributed by atoms with van der Waals surface area (Å²) in [7, 11) is 0. The van der Waals surface area contributed by atoms with E-state index in [0.29, 0.717) is 23.6 Å². The summed E-state index contributed by atoms with van der Waals surface area (Å²) in [6, 6.07) is 9.04. The molecule has 2 amide bonds. The molecule has 1 aromatic heterocycles. The minimum absolute atomic E-state index is 0.0237. The fourth-order valence-electron chi connectivity index (χ4n) is 2.47. The summed E-state index contributed by atoms with van der Waals surface area (Å²) in [5.41, 5.74) is -3.49. The molecule has 2 N–H and O–H groups in total. The molecule has 0 unspecified atom stereocenters. The van der Waals surface area contributed by atoms with Crippen LogP contribution in [0.2, 0.25) is 0 Å². The van der Waals surface area contributed by atoms with E-state index < -0.39 is 35.2 Å². The average Bonchev–Trinajstić information content (AvgIpc) is 2.68. The van der Waals surface area contributed by atoms with E-state index in [1.165, 1.54) is 30.5 Å². The number of anilines is 2. The largest absolute Gasteiger partial charge is 0.456 e. The number of hydrogen-bond acceptors (Lipinski definition) is 3. The number of halogens is 6. The second kappa shape index (κ2) is 8.54. The van der Waals surface area contributed by atoms with E-state index in [-0.39, 0.29) is 11.8 Å². The number of alkyl halides is 6. The van der Waals surface area contributed by atoms with Crippen molar-refractivity contribution < 1.29 is 35.9 Å². The van der Waals surface area contributed by atoms with Crippen LogP contribution in [-0.2, 0) is 12.4 Å². The van der Waals surface area contributed by atoms with Crippen molar-refractivity contribution in [3.63, 3.8) is 0 Å². The Hall–Kier alpha value is -3.76. The number of amides is 2. The third-order valence-corrected chi connectivity index (χ3v) is 3.83. The molecule has 11 heteroatoms. The molecule has 0 aliphatic heterocycles. The van der Waals surface area contributed by atoms with Crippen LogP contribution in [0.1, 0.15) is 11.1 Å². The zero-order valence-corrected chi connectivity index (χ0v) is 15.4. The molecule has 0 bridgehead atoms. The molecule has 3 rings (SSSR count). The van der Waals surface area contributed by atoms with Crippen molar-refractivity contribution in [1.82, 2.24) is 4.98 Å². The Morgan fingerprint density at radius 3 is 1.87 bits per heavy atom. The molecule has 0 spiro atoms. The third kappa shape index (κ3) is 6.11. The SMILES string of the molecule is O=C(Nc1ccc(Oc2cccnc2)cc1)Nc1cc(C(F)(F)F)cc(C(F)(F)F)c1. The predicted octanol–water partition coefficient (Wildman–Crippen LogP) is 6.56. The van der Waals surface area contributed by atoms with Gasteiger partial charge in [0, 0.05) is 17.6 Å². The number of benzene rings is 2. The summed E-state index contributed by atoms with van der Waals surface area (Å²) in [6.07, 6.45) is -6.97. The van der Waals surface area contributed by atoms with Crippen LogP contribution in [0.15, 0.2) is 67.0 Å². The Labute approximate surface area is 171 Å². The molecule has 0 atom stereocenters. The van der Waals surface area contributed by atoms with Crippen molar-refractivity contribution in [3.05, 3.63) is 78.1 Å². The summed E-state index contributed by atoms with van der Waals surface area (Å²) < 4.78 is 82.9. The number of pyridine rings is 1. The number of carbonyl (C=O) groups is 1. The van der Waals surface area contributed by atoms with E-state index in [1.807, 2.05) is 5.32 Å². The van der Waals surface area contributed by atoms with Crippen molar-refractivity contribution in [2.75, 3.05) is 10.6 Å². The van der Waals surface area contributed by atoms with Crippen LogP contribution in [0.5, 0.6) is 11.5 Å². The van der Waals surface area contributed by atoms with Gasteiger partial charge in [-0.05, 0) is 54.6 Å². The monoisotopic (exact) mass is 441 g/mol. The van der Waals surface area contributed by atoms with Crippen LogP contribution in [-0.4, -0.2) is 11.0 Å². The summed E-state index contributed by atoms with van der Waals surface area (Å²) in [4.78, 5) is 15.9. The fourth-order valence-corrected chi connectivity index (χ4v) is 2.47. The molecule has 1 heterocycles. The lowest BCUT2D eigenvalue weighted by Gasteiger charge is -2.15. The lowest BCUT2D eigenvalue weighted by atomic mass is 10.1. The second-order valence-electron chi connectivity index (χ2n) is 6.19. The lowest BCUT2D eigenvalue weighted by Crippen LogP contribution is -2.20. The van der Waals surface area contributed by atoms with Crippen LogP contribution in [0.3, 0.4) is 0 Å². The third-order valence-electron chi connectivity index (χ3n) is 3.83. The summed E-state index contributed by atoms with van der Waals surface area (Å²) >= 11 is 0. The Balaban J connectivity index is 1.70. The predicted molar refractivity (Wildman–Crippen MR) is 99.8 cm³/mol. The van der Waals surface area contributed by atoms with Crippen molar-refractivity contribution in [2.24, 2.45) is 0 Å². The van der Waals surface area contributed by atoms with Crippen LogP contribution in [0, 0.1) is 0 Å². The Bertz CT molecular complexity index is 1020. The van der Waals surface area contributed by atoms with E-state index in [4.69, 9.17) is 4.74 Å². The molecule has 162 valence electrons. The maximum atomic E-state index is 12.9. The molecular formula is C20H13F6N3O2. The van der Waals surface area contributed by atoms with Gasteiger partial charge in [-0.3, -0.25) is 4.98 Å². The number of urea groups is 1. The summed E-state index contributed by atoms with van der Waals surface area (Å²) in [5, 5.41) is 4.30. The topological polar surface area (TPSA) is 63.2 Å². The van der Waals surface area contributed by atoms with Crippen molar-refractivity contribution in [3.8, 4) is 11.5 Å². The highest BCUT2D eigenvalue weighted by Crippen LogP contribution is 2.37. The number of nitrogens with one attached hydrogen (secondary N) is 2. The molecule has 0 saturated heterocycles. The number of ether oxygens (including phenoxy) is 1. The maximum absolute atomic E-state index is 12.9. The minimum atomic E-state index is -5.02. The smallest absolute Gasteiger partial charge is 0.416 e. The van der Waals surface area contributed by atoms with E-state index in [0.717, 1.165) is 0 Å². The highest BCUT2D eigenvalue weighted by molar-refractivity contribution is 5.99. The van der Waals surface area contributed by atoms with E-state index in [1.54, 1.807) is 18.3 Å². The van der Waals surface area contributed by atoms with Gasteiger partial charge in [0.1, 0.15) is 11.5 Å². The number of carbonyl (C=O) groups excluding carboxylic acids is 1. The number of hydrogen-bond donors (Lipinski definition) is 2. The second-order valence-corrected chi connectivity index (χ2v) is 6.19. The van der Waals surface area contributed by atoms with E-state index in [9.17, 15) is 31.1 Å². The Morgan fingerprint density at radius 1 is 0.774 bits per heavy atom. The molecule has 2 aromatic carbocycles. The van der Waals surface area contributed by atoms with Crippen molar-refractivity contribution in [1.29, 1.82) is 0 Å². The molecule has 31 heavy (non-hydrogen) atoms. The first-order valence-electron chi connectivity index (χ1n) is 8.56. The van der Waals surface area contributed by atoms with Gasteiger partial charge >= 0.3 is 18.4 Å². The van der Waals surface area contributed by atoms with Gasteiger partial charge in [0.25, 0.3) is 0 Å². The van der Waals surface area contributed by atoms with Gasteiger partial charge in [-0.1, -0.05) is 0 Å². The first kappa shape index (κ1) is 21.9. The van der Waals surface area contributed by atoms with E-state index in [2.05, 4.69) is 10.3 Å². The van der Waals surface area contributed by atoms with Crippen molar-refractivity contribution >= 4 is 17.4 Å². The number of nitrogens with zero attached hydrogens (tertiary/aromatic N) is 1. The molecule has 0 saturated carbocycles. The highest BCUT2D eigenvalue weighted by atomic mass is 19.4. The van der Waals surface area contributed by atoms with Gasteiger partial charge < -0.3 is 15.4 Å². The van der Waals surface area contributed by atoms with Gasteiger partial charge in [0.15, 0.2) is 0 Å². The Kier molecular flexibility index (Phi) is 6.04. The average molecular weight is 441 g/mol. The first-order chi connectivity index (χ1) is 14.5. The zero-order valence-electron chi connectivity index (χ0n) is 15.4. The standard InChI is InChI=1S/C20H13F6N3O2/c21-19(22,23)12-8-13(20(24,25)26)10-15(9-12)29-18(30)28-14-3-5-16(6-4-14)31-17-2-1-7-27-11-17/h1-11H,(H2,28,29,30). The minimum Gasteiger partial charge on any atom is -0.456 e. The molecule has 0 fully saturated rings. The molecule has 5 nitrogen and oxygen atoms in total. The first-order valence-corrected chi connectivity index (χ1v) is 8.56. The van der Waals surface area contributed by atoms with Gasteiger partial charge in [-0.2, -0.15) is 26.3 Å². The van der Waals surface area contributed by atoms with Crippen LogP contribution in [0.4, 0.5) is 42.5 Å². The molecular weight excluding hydrogens is 428 g/mol. The van der Waals surface area contributed by atoms with Gasteiger partial charge in [0.2, 0.25) is 0 Å². The van der Waals surface area contributed by atoms with Gasteiger partial charge in [-0.15, -0.1) is 0 Å². The van der Waals surface area contributed by atoms with E-state index >= 15 is 0 Å². The summed E-state index contributed by atoms with van der Waals surface area (Å²) in [5.74, 6) is 0.901. The normalized spacial score (nSPS) is 11.7. The van der Waals surface area contributed by atoms with Gasteiger partial charge in [-0.25, -0.2) is 4.79 Å². The van der Waals surface area contributed by atoms with Crippen LogP contribution < -0.4 is 15.4 Å². The zero-order chi connectivity index (χ0) is 22.6. The molecule has 3 aromatic rings. The maximum Gasteiger partial charge on any atom is 0.416 e. The lowest BCUT2D eigenvalue weighted by molar-refractivity contribution is -0.143. The fraction of sp³-hybridized carbons (Fsp3) is 0.100. The quantitative estimate of drug-likeness (QED) is 0.451. The van der Waals surface area contributed by atoms with Gasteiger partial charge in [0.05, 0.1) is 17.3 Å². The molecule has 0 aliphatic rings. The Morgan fingerprint density at radius 2 is 1.35 bits per heavy atom. The highest BCUT2D eigenvalue weighted by Gasteiger charge is 2.37. The van der Waals surface area contributed by atoms with Crippen LogP contribution >= 0.6 is 0 Å².